The molecular weight excluding hydrogens is 181 g/mol. The number of hydrogen-bond acceptors (Lipinski definition) is 1. The first-order valence-corrected chi connectivity index (χ1v) is 4.70. The topological polar surface area (TPSA) is 29.1 Å². The third-order valence-corrected chi connectivity index (χ3v) is 2.57. The molecule has 0 bridgehead atoms. The van der Waals surface area contributed by atoms with Crippen LogP contribution < -0.4 is 5.32 Å². The summed E-state index contributed by atoms with van der Waals surface area (Å²) in [5.74, 6) is -0.612. The maximum absolute atomic E-state index is 13.5. The Bertz CT molecular complexity index is 387. The number of fused-ring (bicyclic) bond motifs is 1. The van der Waals surface area contributed by atoms with Gasteiger partial charge in [-0.25, -0.2) is 4.39 Å². The highest BCUT2D eigenvalue weighted by Crippen LogP contribution is 2.38. The van der Waals surface area contributed by atoms with Gasteiger partial charge in [0.05, 0.1) is 5.92 Å². The summed E-state index contributed by atoms with van der Waals surface area (Å²) < 4.78 is 13.5. The lowest BCUT2D eigenvalue weighted by atomic mass is 9.89. The van der Waals surface area contributed by atoms with Crippen molar-refractivity contribution in [1.29, 1.82) is 0 Å². The van der Waals surface area contributed by atoms with Crippen LogP contribution in [-0.2, 0) is 4.79 Å². The summed E-state index contributed by atoms with van der Waals surface area (Å²) in [6.45, 7) is 3.84. The van der Waals surface area contributed by atoms with E-state index in [1.54, 1.807) is 12.1 Å². The lowest BCUT2D eigenvalue weighted by Gasteiger charge is -2.12. The average molecular weight is 193 g/mol. The molecule has 1 aromatic carbocycles. The van der Waals surface area contributed by atoms with E-state index in [1.165, 1.54) is 6.07 Å². The fourth-order valence-corrected chi connectivity index (χ4v) is 1.94. The molecule has 1 aromatic rings. The van der Waals surface area contributed by atoms with Crippen molar-refractivity contribution >= 4 is 11.6 Å². The van der Waals surface area contributed by atoms with Crippen molar-refractivity contribution in [2.45, 2.75) is 19.8 Å². The van der Waals surface area contributed by atoms with E-state index < -0.39 is 0 Å². The number of anilines is 1. The zero-order valence-electron chi connectivity index (χ0n) is 8.17. The van der Waals surface area contributed by atoms with Crippen LogP contribution in [0.2, 0.25) is 0 Å². The Balaban J connectivity index is 2.55. The highest BCUT2D eigenvalue weighted by molar-refractivity contribution is 6.03. The molecule has 0 saturated carbocycles. The standard InChI is InChI=1S/C11H12FNO/c1-6(2)9-10-7(12)4-3-5-8(10)13-11(9)14/h3-6,9H,1-2H3,(H,13,14). The smallest absolute Gasteiger partial charge is 0.232 e. The van der Waals surface area contributed by atoms with Crippen molar-refractivity contribution < 1.29 is 9.18 Å². The molecule has 1 aliphatic rings. The highest BCUT2D eigenvalue weighted by atomic mass is 19.1. The van der Waals surface area contributed by atoms with E-state index in [9.17, 15) is 9.18 Å². The Hall–Kier alpha value is -1.38. The van der Waals surface area contributed by atoms with Crippen LogP contribution >= 0.6 is 0 Å². The van der Waals surface area contributed by atoms with Gasteiger partial charge in [0.25, 0.3) is 0 Å². The van der Waals surface area contributed by atoms with E-state index >= 15 is 0 Å². The van der Waals surface area contributed by atoms with Crippen molar-refractivity contribution in [2.24, 2.45) is 5.92 Å². The van der Waals surface area contributed by atoms with Crippen LogP contribution in [0.25, 0.3) is 0 Å². The molecule has 0 radical (unpaired) electrons. The number of rotatable bonds is 1. The van der Waals surface area contributed by atoms with Crippen molar-refractivity contribution in [1.82, 2.24) is 0 Å². The number of nitrogens with one attached hydrogen (secondary N) is 1. The van der Waals surface area contributed by atoms with Gasteiger partial charge in [0.1, 0.15) is 5.82 Å². The quantitative estimate of drug-likeness (QED) is 0.729. The van der Waals surface area contributed by atoms with Gasteiger partial charge in [0.2, 0.25) is 5.91 Å². The van der Waals surface area contributed by atoms with E-state index in [0.29, 0.717) is 11.3 Å². The van der Waals surface area contributed by atoms with Crippen molar-refractivity contribution in [2.75, 3.05) is 5.32 Å². The second kappa shape index (κ2) is 3.08. The van der Waals surface area contributed by atoms with Gasteiger partial charge in [-0.05, 0) is 18.1 Å². The molecule has 1 unspecified atom stereocenters. The average Bonchev–Trinajstić information content (AvgIpc) is 2.42. The van der Waals surface area contributed by atoms with E-state index in [0.717, 1.165) is 0 Å². The van der Waals surface area contributed by atoms with E-state index in [4.69, 9.17) is 0 Å². The van der Waals surface area contributed by atoms with Crippen LogP contribution in [0.5, 0.6) is 0 Å². The Morgan fingerprint density at radius 1 is 1.43 bits per heavy atom. The lowest BCUT2D eigenvalue weighted by Crippen LogP contribution is -2.17. The molecule has 14 heavy (non-hydrogen) atoms. The Morgan fingerprint density at radius 2 is 2.14 bits per heavy atom. The Kier molecular flexibility index (Phi) is 2.02. The number of hydrogen-bond donors (Lipinski definition) is 1. The van der Waals surface area contributed by atoms with Gasteiger partial charge in [0.15, 0.2) is 0 Å². The number of halogens is 1. The molecule has 0 aromatic heterocycles. The summed E-state index contributed by atoms with van der Waals surface area (Å²) in [6.07, 6.45) is 0. The molecule has 0 fully saturated rings. The van der Waals surface area contributed by atoms with Crippen LogP contribution in [0.4, 0.5) is 10.1 Å². The predicted molar refractivity (Wildman–Crippen MR) is 52.6 cm³/mol. The molecule has 0 saturated heterocycles. The molecule has 1 amide bonds. The zero-order valence-corrected chi connectivity index (χ0v) is 8.17. The van der Waals surface area contributed by atoms with Crippen molar-refractivity contribution in [3.63, 3.8) is 0 Å². The number of benzene rings is 1. The minimum atomic E-state index is -0.341. The Morgan fingerprint density at radius 3 is 2.79 bits per heavy atom. The van der Waals surface area contributed by atoms with Crippen LogP contribution in [0.15, 0.2) is 18.2 Å². The lowest BCUT2D eigenvalue weighted by molar-refractivity contribution is -0.117. The molecule has 2 nitrogen and oxygen atoms in total. The van der Waals surface area contributed by atoms with Gasteiger partial charge in [-0.3, -0.25) is 4.79 Å². The predicted octanol–water partition coefficient (Wildman–Crippen LogP) is 2.52. The molecular formula is C11H12FNO. The Labute approximate surface area is 82.1 Å². The summed E-state index contributed by atoms with van der Waals surface area (Å²) in [5.41, 5.74) is 1.14. The third-order valence-electron chi connectivity index (χ3n) is 2.57. The first-order chi connectivity index (χ1) is 6.61. The van der Waals surface area contributed by atoms with Gasteiger partial charge in [-0.1, -0.05) is 19.9 Å². The van der Waals surface area contributed by atoms with Crippen LogP contribution in [0.3, 0.4) is 0 Å². The maximum atomic E-state index is 13.5. The van der Waals surface area contributed by atoms with Gasteiger partial charge in [-0.2, -0.15) is 0 Å². The van der Waals surface area contributed by atoms with Gasteiger partial charge >= 0.3 is 0 Å². The molecule has 1 atom stereocenters. The molecule has 0 aliphatic carbocycles. The number of carbonyl (C=O) groups is 1. The molecule has 1 heterocycles. The van der Waals surface area contributed by atoms with Crippen LogP contribution in [0, 0.1) is 11.7 Å². The minimum absolute atomic E-state index is 0.0971. The number of carbonyl (C=O) groups excluding carboxylic acids is 1. The first-order valence-electron chi connectivity index (χ1n) is 4.70. The largest absolute Gasteiger partial charge is 0.325 e. The minimum Gasteiger partial charge on any atom is -0.325 e. The zero-order chi connectivity index (χ0) is 10.3. The summed E-state index contributed by atoms with van der Waals surface area (Å²) in [4.78, 5) is 11.5. The number of amides is 1. The highest BCUT2D eigenvalue weighted by Gasteiger charge is 2.34. The monoisotopic (exact) mass is 193 g/mol. The van der Waals surface area contributed by atoms with E-state index in [2.05, 4.69) is 5.32 Å². The van der Waals surface area contributed by atoms with Gasteiger partial charge in [0, 0.05) is 11.3 Å². The fourth-order valence-electron chi connectivity index (χ4n) is 1.94. The summed E-state index contributed by atoms with van der Waals surface area (Å²) in [7, 11) is 0. The summed E-state index contributed by atoms with van der Waals surface area (Å²) >= 11 is 0. The normalized spacial score (nSPS) is 19.7. The maximum Gasteiger partial charge on any atom is 0.232 e. The van der Waals surface area contributed by atoms with Gasteiger partial charge < -0.3 is 5.32 Å². The molecule has 3 heteroatoms. The summed E-state index contributed by atoms with van der Waals surface area (Å²) in [6, 6.07) is 4.74. The fraction of sp³-hybridized carbons (Fsp3) is 0.364. The first kappa shape index (κ1) is 9.19. The van der Waals surface area contributed by atoms with Crippen molar-refractivity contribution in [3.05, 3.63) is 29.6 Å². The molecule has 0 spiro atoms. The van der Waals surface area contributed by atoms with Gasteiger partial charge in [-0.15, -0.1) is 0 Å². The second-order valence-electron chi connectivity index (χ2n) is 3.91. The van der Waals surface area contributed by atoms with Crippen molar-refractivity contribution in [3.8, 4) is 0 Å². The molecule has 1 N–H and O–H groups in total. The molecule has 74 valence electrons. The van der Waals surface area contributed by atoms with E-state index in [-0.39, 0.29) is 23.6 Å². The van der Waals surface area contributed by atoms with Crippen LogP contribution in [-0.4, -0.2) is 5.91 Å². The molecule has 2 rings (SSSR count). The molecule has 1 aliphatic heterocycles. The van der Waals surface area contributed by atoms with E-state index in [1.807, 2.05) is 13.8 Å². The third kappa shape index (κ3) is 1.20. The SMILES string of the molecule is CC(C)C1C(=O)Nc2cccc(F)c21. The second-order valence-corrected chi connectivity index (χ2v) is 3.91. The van der Waals surface area contributed by atoms with Crippen LogP contribution in [0.1, 0.15) is 25.3 Å². The summed E-state index contributed by atoms with van der Waals surface area (Å²) in [5, 5.41) is 2.69.